The predicted molar refractivity (Wildman–Crippen MR) is 77.4 cm³/mol. The lowest BCUT2D eigenvalue weighted by molar-refractivity contribution is 0.185. The topological polar surface area (TPSA) is 70.7 Å². The van der Waals surface area contributed by atoms with Crippen LogP contribution in [0.5, 0.6) is 0 Å². The fraction of sp³-hybridized carbons (Fsp3) is 0.538. The van der Waals surface area contributed by atoms with Crippen molar-refractivity contribution < 1.29 is 13.2 Å². The molecule has 1 heterocycles. The van der Waals surface area contributed by atoms with Gasteiger partial charge in [-0.05, 0) is 11.1 Å². The number of piperazine rings is 1. The number of benzene rings is 1. The van der Waals surface area contributed by atoms with Gasteiger partial charge >= 0.3 is 0 Å². The molecular weight excluding hydrogens is 278 g/mol. The van der Waals surface area contributed by atoms with E-state index in [1.807, 2.05) is 24.3 Å². The van der Waals surface area contributed by atoms with Crippen LogP contribution in [0.25, 0.3) is 0 Å². The first-order chi connectivity index (χ1) is 9.62. The summed E-state index contributed by atoms with van der Waals surface area (Å²) >= 11 is 0. The molecule has 0 bridgehead atoms. The van der Waals surface area contributed by atoms with E-state index in [-0.39, 0.29) is 0 Å². The molecule has 0 unspecified atom stereocenters. The van der Waals surface area contributed by atoms with Crippen molar-refractivity contribution in [2.24, 2.45) is 0 Å². The van der Waals surface area contributed by atoms with E-state index in [1.165, 1.54) is 4.31 Å². The van der Waals surface area contributed by atoms with Gasteiger partial charge in [-0.3, -0.25) is 0 Å². The second-order valence-electron chi connectivity index (χ2n) is 4.73. The largest absolute Gasteiger partial charge is 0.380 e. The Morgan fingerprint density at radius 2 is 2.00 bits per heavy atom. The Bertz CT molecular complexity index is 527. The number of hydrogen-bond donors (Lipinski definition) is 2. The molecule has 20 heavy (non-hydrogen) atoms. The minimum atomic E-state index is -3.39. The summed E-state index contributed by atoms with van der Waals surface area (Å²) in [7, 11) is -1.76. The summed E-state index contributed by atoms with van der Waals surface area (Å²) in [4.78, 5) is 0. The average Bonchev–Trinajstić information content (AvgIpc) is 2.47. The van der Waals surface area contributed by atoms with E-state index in [4.69, 9.17) is 4.74 Å². The molecule has 0 amide bonds. The van der Waals surface area contributed by atoms with Crippen LogP contribution in [0.4, 0.5) is 0 Å². The summed E-state index contributed by atoms with van der Waals surface area (Å²) in [5, 5.41) is 3.13. The highest BCUT2D eigenvalue weighted by atomic mass is 32.2. The first-order valence-corrected chi connectivity index (χ1v) is 8.08. The molecule has 7 heteroatoms. The van der Waals surface area contributed by atoms with Gasteiger partial charge in [0.25, 0.3) is 10.2 Å². The molecule has 1 aliphatic rings. The van der Waals surface area contributed by atoms with Gasteiger partial charge in [0.1, 0.15) is 0 Å². The van der Waals surface area contributed by atoms with Crippen LogP contribution in [-0.2, 0) is 28.1 Å². The fourth-order valence-electron chi connectivity index (χ4n) is 2.15. The zero-order valence-corrected chi connectivity index (χ0v) is 12.4. The second kappa shape index (κ2) is 7.14. The predicted octanol–water partition coefficient (Wildman–Crippen LogP) is 0.0726. The summed E-state index contributed by atoms with van der Waals surface area (Å²) in [6.45, 7) is 3.24. The molecule has 1 saturated heterocycles. The van der Waals surface area contributed by atoms with Gasteiger partial charge in [0.2, 0.25) is 0 Å². The molecule has 0 saturated carbocycles. The molecule has 112 valence electrons. The van der Waals surface area contributed by atoms with E-state index >= 15 is 0 Å². The summed E-state index contributed by atoms with van der Waals surface area (Å²) < 4.78 is 33.5. The van der Waals surface area contributed by atoms with Crippen molar-refractivity contribution in [3.05, 3.63) is 35.4 Å². The quantitative estimate of drug-likeness (QED) is 0.780. The normalized spacial score (nSPS) is 17.2. The molecule has 6 nitrogen and oxygen atoms in total. The van der Waals surface area contributed by atoms with Gasteiger partial charge in [-0.1, -0.05) is 24.3 Å². The molecule has 2 rings (SSSR count). The molecule has 1 aromatic rings. The number of hydrogen-bond acceptors (Lipinski definition) is 4. The minimum Gasteiger partial charge on any atom is -0.380 e. The van der Waals surface area contributed by atoms with Crippen molar-refractivity contribution in [3.8, 4) is 0 Å². The molecule has 0 spiro atoms. The maximum absolute atomic E-state index is 12.1. The molecular formula is C13H21N3O3S. The van der Waals surface area contributed by atoms with E-state index in [2.05, 4.69) is 10.0 Å². The zero-order valence-electron chi connectivity index (χ0n) is 11.6. The standard InChI is InChI=1S/C13H21N3O3S/c1-19-11-13-4-2-3-12(9-13)10-15-20(17,18)16-7-5-14-6-8-16/h2-4,9,14-15H,5-8,10-11H2,1H3. The third-order valence-corrected chi connectivity index (χ3v) is 4.73. The van der Waals surface area contributed by atoms with Gasteiger partial charge in [0, 0.05) is 39.8 Å². The van der Waals surface area contributed by atoms with E-state index in [1.54, 1.807) is 7.11 Å². The van der Waals surface area contributed by atoms with Crippen LogP contribution < -0.4 is 10.0 Å². The van der Waals surface area contributed by atoms with Crippen molar-refractivity contribution in [1.29, 1.82) is 0 Å². The van der Waals surface area contributed by atoms with E-state index in [0.717, 1.165) is 11.1 Å². The van der Waals surface area contributed by atoms with Gasteiger partial charge < -0.3 is 10.1 Å². The van der Waals surface area contributed by atoms with Gasteiger partial charge in [0.05, 0.1) is 6.61 Å². The Labute approximate surface area is 120 Å². The number of methoxy groups -OCH3 is 1. The van der Waals surface area contributed by atoms with E-state index in [0.29, 0.717) is 39.3 Å². The molecule has 1 aromatic carbocycles. The fourth-order valence-corrected chi connectivity index (χ4v) is 3.34. The third kappa shape index (κ3) is 4.26. The van der Waals surface area contributed by atoms with Crippen molar-refractivity contribution in [2.45, 2.75) is 13.2 Å². The molecule has 0 aromatic heterocycles. The lowest BCUT2D eigenvalue weighted by Gasteiger charge is -2.26. The number of ether oxygens (including phenoxy) is 1. The lowest BCUT2D eigenvalue weighted by atomic mass is 10.1. The molecule has 1 fully saturated rings. The van der Waals surface area contributed by atoms with Crippen molar-refractivity contribution >= 4 is 10.2 Å². The Balaban J connectivity index is 1.95. The van der Waals surface area contributed by atoms with Crippen LogP contribution in [-0.4, -0.2) is 46.0 Å². The Kier molecular flexibility index (Phi) is 5.50. The minimum absolute atomic E-state index is 0.295. The van der Waals surface area contributed by atoms with Gasteiger partial charge in [-0.2, -0.15) is 17.4 Å². The van der Waals surface area contributed by atoms with Crippen LogP contribution >= 0.6 is 0 Å². The number of nitrogens with one attached hydrogen (secondary N) is 2. The average molecular weight is 299 g/mol. The van der Waals surface area contributed by atoms with Gasteiger partial charge in [-0.15, -0.1) is 0 Å². The monoisotopic (exact) mass is 299 g/mol. The van der Waals surface area contributed by atoms with Crippen molar-refractivity contribution in [3.63, 3.8) is 0 Å². The first-order valence-electron chi connectivity index (χ1n) is 6.64. The summed E-state index contributed by atoms with van der Waals surface area (Å²) in [6, 6.07) is 7.71. The van der Waals surface area contributed by atoms with Crippen LogP contribution in [0.3, 0.4) is 0 Å². The van der Waals surface area contributed by atoms with Crippen molar-refractivity contribution in [1.82, 2.24) is 14.3 Å². The summed E-state index contributed by atoms with van der Waals surface area (Å²) in [6.07, 6.45) is 0. The number of nitrogens with zero attached hydrogens (tertiary/aromatic N) is 1. The smallest absolute Gasteiger partial charge is 0.279 e. The summed E-state index contributed by atoms with van der Waals surface area (Å²) in [5.74, 6) is 0. The maximum Gasteiger partial charge on any atom is 0.279 e. The summed E-state index contributed by atoms with van der Waals surface area (Å²) in [5.41, 5.74) is 1.96. The lowest BCUT2D eigenvalue weighted by Crippen LogP contribution is -2.50. The SMILES string of the molecule is COCc1cccc(CNS(=O)(=O)N2CCNCC2)c1. The molecule has 0 aliphatic carbocycles. The van der Waals surface area contributed by atoms with Crippen LogP contribution in [0, 0.1) is 0 Å². The Hall–Kier alpha value is -0.990. The molecule has 0 radical (unpaired) electrons. The highest BCUT2D eigenvalue weighted by Gasteiger charge is 2.22. The first kappa shape index (κ1) is 15.4. The zero-order chi connectivity index (χ0) is 14.4. The van der Waals surface area contributed by atoms with Crippen LogP contribution in [0.15, 0.2) is 24.3 Å². The third-order valence-electron chi connectivity index (χ3n) is 3.18. The van der Waals surface area contributed by atoms with Gasteiger partial charge in [-0.25, -0.2) is 0 Å². The molecule has 2 N–H and O–H groups in total. The van der Waals surface area contributed by atoms with E-state index in [9.17, 15) is 8.42 Å². The van der Waals surface area contributed by atoms with Crippen molar-refractivity contribution in [2.75, 3.05) is 33.3 Å². The molecule has 0 atom stereocenters. The number of rotatable bonds is 6. The second-order valence-corrected chi connectivity index (χ2v) is 6.48. The van der Waals surface area contributed by atoms with Crippen LogP contribution in [0.2, 0.25) is 0 Å². The van der Waals surface area contributed by atoms with E-state index < -0.39 is 10.2 Å². The molecule has 1 aliphatic heterocycles. The van der Waals surface area contributed by atoms with Gasteiger partial charge in [0.15, 0.2) is 0 Å². The van der Waals surface area contributed by atoms with Crippen LogP contribution in [0.1, 0.15) is 11.1 Å². The Morgan fingerprint density at radius 3 is 2.70 bits per heavy atom. The maximum atomic E-state index is 12.1. The Morgan fingerprint density at radius 1 is 1.30 bits per heavy atom. The highest BCUT2D eigenvalue weighted by Crippen LogP contribution is 2.08. The highest BCUT2D eigenvalue weighted by molar-refractivity contribution is 7.87.